The molecule has 5 N–H and O–H groups in total. The van der Waals surface area contributed by atoms with Crippen molar-refractivity contribution in [3.05, 3.63) is 54.1 Å². The summed E-state index contributed by atoms with van der Waals surface area (Å²) >= 11 is 1.45. The highest BCUT2D eigenvalue weighted by Crippen LogP contribution is 2.32. The first-order chi connectivity index (χ1) is 13.3. The first kappa shape index (κ1) is 20.8. The van der Waals surface area contributed by atoms with Crippen molar-refractivity contribution in [2.75, 3.05) is 16.8 Å². The Morgan fingerprint density at radius 2 is 1.66 bits per heavy atom. The fourth-order valence-electron chi connectivity index (χ4n) is 3.02. The molecule has 0 amide bonds. The highest BCUT2D eigenvalue weighted by atomic mass is 35.5. The normalized spacial score (nSPS) is 11.3. The molecular weight excluding hydrogens is 404 g/mol. The minimum absolute atomic E-state index is 0. The third-order valence-corrected chi connectivity index (χ3v) is 5.34. The Bertz CT molecular complexity index is 1150. The molecule has 0 radical (unpaired) electrons. The van der Waals surface area contributed by atoms with E-state index in [0.717, 1.165) is 27.2 Å². The van der Waals surface area contributed by atoms with Crippen LogP contribution in [0.2, 0.25) is 0 Å². The zero-order valence-corrected chi connectivity index (χ0v) is 18.1. The maximum atomic E-state index is 5.97. The Kier molecular flexibility index (Phi) is 5.64. The zero-order chi connectivity index (χ0) is 19.9. The molecule has 6 nitrogen and oxygen atoms in total. The summed E-state index contributed by atoms with van der Waals surface area (Å²) in [4.78, 5) is 13.1. The summed E-state index contributed by atoms with van der Waals surface area (Å²) in [6.45, 7) is 6.58. The Morgan fingerprint density at radius 1 is 0.931 bits per heavy atom. The maximum absolute atomic E-state index is 5.97. The highest BCUT2D eigenvalue weighted by molar-refractivity contribution is 7.22. The fraction of sp³-hybridized carbons (Fsp3) is 0.190. The van der Waals surface area contributed by atoms with Gasteiger partial charge in [-0.3, -0.25) is 0 Å². The Hall–Kier alpha value is -2.90. The van der Waals surface area contributed by atoms with Gasteiger partial charge in [0.25, 0.3) is 0 Å². The molecule has 2 aromatic carbocycles. The summed E-state index contributed by atoms with van der Waals surface area (Å²) in [6.07, 6.45) is 0. The molecule has 0 fully saturated rings. The molecule has 8 heteroatoms. The van der Waals surface area contributed by atoms with Gasteiger partial charge in [0, 0.05) is 11.6 Å². The number of fused-ring (bicyclic) bond motifs is 1. The van der Waals surface area contributed by atoms with E-state index < -0.39 is 0 Å². The molecular formula is C21H23ClN6S. The lowest BCUT2D eigenvalue weighted by atomic mass is 9.86. The van der Waals surface area contributed by atoms with Crippen LogP contribution in [0.25, 0.3) is 21.5 Å². The van der Waals surface area contributed by atoms with Gasteiger partial charge in [-0.15, -0.1) is 12.4 Å². The second-order valence-electron chi connectivity index (χ2n) is 7.65. The molecule has 2 aromatic heterocycles. The molecule has 0 spiro atoms. The predicted octanol–water partition coefficient (Wildman–Crippen LogP) is 5.38. The van der Waals surface area contributed by atoms with Crippen LogP contribution in [0.3, 0.4) is 0 Å². The zero-order valence-electron chi connectivity index (χ0n) is 16.4. The summed E-state index contributed by atoms with van der Waals surface area (Å²) < 4.78 is 1.02. The lowest BCUT2D eigenvalue weighted by Gasteiger charge is -2.19. The standard InChI is InChI=1S/C21H22N6S.ClH/c1-21(2,3)13-9-7-12(8-10-13)15-11-17(26-19(22)25-15)24-14-5-4-6-16-18(14)27-20(23)28-16;/h4-11H,1-3H3,(H2,23,27)(H3,22,24,25,26);1H. The summed E-state index contributed by atoms with van der Waals surface area (Å²) in [5, 5.41) is 3.84. The molecule has 0 atom stereocenters. The molecule has 0 saturated carbocycles. The van der Waals surface area contributed by atoms with E-state index >= 15 is 0 Å². The summed E-state index contributed by atoms with van der Waals surface area (Å²) in [6, 6.07) is 16.2. The van der Waals surface area contributed by atoms with Crippen LogP contribution in [0.5, 0.6) is 0 Å². The molecule has 4 aromatic rings. The van der Waals surface area contributed by atoms with Crippen LogP contribution in [0.4, 0.5) is 22.6 Å². The number of para-hydroxylation sites is 1. The first-order valence-corrected chi connectivity index (χ1v) is 9.79. The predicted molar refractivity (Wildman–Crippen MR) is 125 cm³/mol. The van der Waals surface area contributed by atoms with Gasteiger partial charge in [-0.05, 0) is 23.1 Å². The average molecular weight is 427 g/mol. The van der Waals surface area contributed by atoms with Crippen LogP contribution in [-0.4, -0.2) is 15.0 Å². The number of thiazole rings is 1. The molecule has 150 valence electrons. The summed E-state index contributed by atoms with van der Waals surface area (Å²) in [5.74, 6) is 0.825. The van der Waals surface area contributed by atoms with Gasteiger partial charge < -0.3 is 16.8 Å². The number of nitrogens with one attached hydrogen (secondary N) is 1. The molecule has 2 heterocycles. The summed E-state index contributed by atoms with van der Waals surface area (Å²) in [7, 11) is 0. The number of hydrogen-bond acceptors (Lipinski definition) is 7. The van der Waals surface area contributed by atoms with Gasteiger partial charge in [0.2, 0.25) is 5.95 Å². The van der Waals surface area contributed by atoms with E-state index in [0.29, 0.717) is 10.9 Å². The second kappa shape index (κ2) is 7.85. The lowest BCUT2D eigenvalue weighted by molar-refractivity contribution is 0.590. The van der Waals surface area contributed by atoms with Crippen LogP contribution in [0, 0.1) is 0 Å². The molecule has 4 rings (SSSR count). The van der Waals surface area contributed by atoms with Gasteiger partial charge in [0.05, 0.1) is 16.1 Å². The van der Waals surface area contributed by atoms with Gasteiger partial charge in [-0.2, -0.15) is 4.98 Å². The number of nitrogen functional groups attached to an aromatic ring is 2. The second-order valence-corrected chi connectivity index (χ2v) is 8.72. The van der Waals surface area contributed by atoms with E-state index in [1.165, 1.54) is 16.9 Å². The molecule has 0 bridgehead atoms. The monoisotopic (exact) mass is 426 g/mol. The molecule has 0 saturated heterocycles. The number of anilines is 4. The van der Waals surface area contributed by atoms with Gasteiger partial charge in [-0.25, -0.2) is 9.97 Å². The van der Waals surface area contributed by atoms with E-state index in [9.17, 15) is 0 Å². The quantitative estimate of drug-likeness (QED) is 0.406. The molecule has 29 heavy (non-hydrogen) atoms. The number of aromatic nitrogens is 3. The van der Waals surface area contributed by atoms with Crippen LogP contribution in [-0.2, 0) is 5.41 Å². The van der Waals surface area contributed by atoms with Gasteiger partial charge in [-0.1, -0.05) is 62.4 Å². The number of nitrogens with two attached hydrogens (primary N) is 2. The van der Waals surface area contributed by atoms with E-state index in [2.05, 4.69) is 65.3 Å². The largest absolute Gasteiger partial charge is 0.375 e. The van der Waals surface area contributed by atoms with Crippen molar-refractivity contribution in [1.82, 2.24) is 15.0 Å². The van der Waals surface area contributed by atoms with Crippen molar-refractivity contribution in [3.8, 4) is 11.3 Å². The van der Waals surface area contributed by atoms with Crippen LogP contribution < -0.4 is 16.8 Å². The molecule has 0 aliphatic heterocycles. The van der Waals surface area contributed by atoms with E-state index in [1.807, 2.05) is 24.3 Å². The molecule has 0 unspecified atom stereocenters. The number of hydrogen-bond donors (Lipinski definition) is 3. The average Bonchev–Trinajstić information content (AvgIpc) is 3.02. The number of rotatable bonds is 3. The number of halogens is 1. The third-order valence-electron chi connectivity index (χ3n) is 4.49. The third kappa shape index (κ3) is 4.41. The van der Waals surface area contributed by atoms with Crippen LogP contribution >= 0.6 is 23.7 Å². The van der Waals surface area contributed by atoms with E-state index in [1.54, 1.807) is 0 Å². The Balaban J connectivity index is 0.00000240. The van der Waals surface area contributed by atoms with Gasteiger partial charge >= 0.3 is 0 Å². The van der Waals surface area contributed by atoms with E-state index in [-0.39, 0.29) is 23.8 Å². The minimum atomic E-state index is 0. The Labute approximate surface area is 179 Å². The van der Waals surface area contributed by atoms with Crippen molar-refractivity contribution in [2.24, 2.45) is 0 Å². The number of nitrogens with zero attached hydrogens (tertiary/aromatic N) is 3. The highest BCUT2D eigenvalue weighted by Gasteiger charge is 2.14. The number of benzene rings is 2. The lowest BCUT2D eigenvalue weighted by Crippen LogP contribution is -2.10. The van der Waals surface area contributed by atoms with Crippen molar-refractivity contribution in [2.45, 2.75) is 26.2 Å². The van der Waals surface area contributed by atoms with Crippen molar-refractivity contribution >= 4 is 56.5 Å². The van der Waals surface area contributed by atoms with Gasteiger partial charge in [0.1, 0.15) is 11.3 Å². The van der Waals surface area contributed by atoms with Crippen molar-refractivity contribution in [3.63, 3.8) is 0 Å². The minimum Gasteiger partial charge on any atom is -0.375 e. The smallest absolute Gasteiger partial charge is 0.222 e. The maximum Gasteiger partial charge on any atom is 0.222 e. The van der Waals surface area contributed by atoms with Crippen LogP contribution in [0.1, 0.15) is 26.3 Å². The van der Waals surface area contributed by atoms with Gasteiger partial charge in [0.15, 0.2) is 5.13 Å². The first-order valence-electron chi connectivity index (χ1n) is 8.97. The molecule has 0 aliphatic rings. The SMILES string of the molecule is CC(C)(C)c1ccc(-c2cc(Nc3cccc4sc(N)nc34)nc(N)n2)cc1.Cl. The Morgan fingerprint density at radius 3 is 2.34 bits per heavy atom. The summed E-state index contributed by atoms with van der Waals surface area (Å²) in [5.41, 5.74) is 16.6. The van der Waals surface area contributed by atoms with Crippen molar-refractivity contribution < 1.29 is 0 Å². The van der Waals surface area contributed by atoms with Crippen molar-refractivity contribution in [1.29, 1.82) is 0 Å². The molecule has 0 aliphatic carbocycles. The topological polar surface area (TPSA) is 103 Å². The fourth-order valence-corrected chi connectivity index (χ4v) is 3.78. The van der Waals surface area contributed by atoms with Crippen LogP contribution in [0.15, 0.2) is 48.5 Å². The van der Waals surface area contributed by atoms with E-state index in [4.69, 9.17) is 11.5 Å².